The van der Waals surface area contributed by atoms with E-state index in [4.69, 9.17) is 5.11 Å². The van der Waals surface area contributed by atoms with Gasteiger partial charge in [-0.1, -0.05) is 37.3 Å². The van der Waals surface area contributed by atoms with Gasteiger partial charge in [0.15, 0.2) is 0 Å². The Balaban J connectivity index is 2.25. The molecule has 0 fully saturated rings. The first-order chi connectivity index (χ1) is 10.3. The molecule has 0 heterocycles. The zero-order chi connectivity index (χ0) is 16.3. The second kappa shape index (κ2) is 6.53. The number of halogens is 3. The molecule has 22 heavy (non-hydrogen) atoms. The molecule has 0 aliphatic rings. The van der Waals surface area contributed by atoms with Crippen molar-refractivity contribution in [1.82, 2.24) is 0 Å². The molecule has 1 N–H and O–H groups in total. The molecule has 0 radical (unpaired) electrons. The Hall–Kier alpha value is -1.81. The van der Waals surface area contributed by atoms with E-state index < -0.39 is 11.7 Å². The first kappa shape index (κ1) is 16.6. The van der Waals surface area contributed by atoms with Crippen LogP contribution in [0.15, 0.2) is 42.5 Å². The van der Waals surface area contributed by atoms with Gasteiger partial charge in [0, 0.05) is 6.61 Å². The molecule has 0 bridgehead atoms. The van der Waals surface area contributed by atoms with Gasteiger partial charge in [-0.15, -0.1) is 0 Å². The normalized spacial score (nSPS) is 13.2. The summed E-state index contributed by atoms with van der Waals surface area (Å²) in [4.78, 5) is 0. The van der Waals surface area contributed by atoms with Gasteiger partial charge < -0.3 is 5.11 Å². The number of hydrogen-bond donors (Lipinski definition) is 1. The van der Waals surface area contributed by atoms with Gasteiger partial charge in [0.05, 0.1) is 5.56 Å². The predicted molar refractivity (Wildman–Crippen MR) is 81.6 cm³/mol. The first-order valence-electron chi connectivity index (χ1n) is 7.19. The van der Waals surface area contributed by atoms with Crippen molar-refractivity contribution in [3.63, 3.8) is 0 Å². The number of hydrogen-bond acceptors (Lipinski definition) is 1. The number of alkyl halides is 3. The van der Waals surface area contributed by atoms with Crippen molar-refractivity contribution < 1.29 is 18.3 Å². The van der Waals surface area contributed by atoms with Crippen LogP contribution in [0, 0.1) is 12.8 Å². The van der Waals surface area contributed by atoms with E-state index >= 15 is 0 Å². The summed E-state index contributed by atoms with van der Waals surface area (Å²) in [6.07, 6.45) is -3.52. The van der Waals surface area contributed by atoms with E-state index in [1.54, 1.807) is 0 Å². The molecule has 1 atom stereocenters. The van der Waals surface area contributed by atoms with Crippen molar-refractivity contribution in [2.75, 3.05) is 6.61 Å². The SMILES string of the molecule is Cc1cc(-c2ccc(C(F)(F)F)cc2)ccc1C[C@H](C)CO. The molecule has 2 aromatic rings. The Morgan fingerprint density at radius 1 is 1.00 bits per heavy atom. The minimum atomic E-state index is -4.31. The fourth-order valence-corrected chi connectivity index (χ4v) is 2.40. The second-order valence-electron chi connectivity index (χ2n) is 5.71. The molecule has 0 aliphatic carbocycles. The van der Waals surface area contributed by atoms with Gasteiger partial charge in [-0.3, -0.25) is 0 Å². The maximum absolute atomic E-state index is 12.6. The molecule has 0 saturated heterocycles. The predicted octanol–water partition coefficient (Wildman–Crippen LogP) is 4.85. The van der Waals surface area contributed by atoms with Crippen molar-refractivity contribution in [2.24, 2.45) is 5.92 Å². The van der Waals surface area contributed by atoms with Gasteiger partial charge in [0.25, 0.3) is 0 Å². The highest BCUT2D eigenvalue weighted by Crippen LogP contribution is 2.31. The maximum atomic E-state index is 12.6. The smallest absolute Gasteiger partial charge is 0.396 e. The third-order valence-corrected chi connectivity index (χ3v) is 3.77. The average molecular weight is 308 g/mol. The molecule has 0 saturated carbocycles. The zero-order valence-electron chi connectivity index (χ0n) is 12.6. The number of aliphatic hydroxyl groups excluding tert-OH is 1. The number of rotatable bonds is 4. The summed E-state index contributed by atoms with van der Waals surface area (Å²) in [6, 6.07) is 11.1. The third-order valence-electron chi connectivity index (χ3n) is 3.77. The second-order valence-corrected chi connectivity index (χ2v) is 5.71. The van der Waals surface area contributed by atoms with Crippen molar-refractivity contribution in [1.29, 1.82) is 0 Å². The van der Waals surface area contributed by atoms with Gasteiger partial charge in [0.1, 0.15) is 0 Å². The molecule has 2 rings (SSSR count). The fourth-order valence-electron chi connectivity index (χ4n) is 2.40. The van der Waals surface area contributed by atoms with E-state index in [9.17, 15) is 13.2 Å². The Kier molecular flexibility index (Phi) is 4.91. The molecule has 118 valence electrons. The standard InChI is InChI=1S/C18H19F3O/c1-12(11-22)9-15-3-4-16(10-13(15)2)14-5-7-17(8-6-14)18(19,20)21/h3-8,10,12,22H,9,11H2,1-2H3/t12-/m0/s1. The van der Waals surface area contributed by atoms with Crippen molar-refractivity contribution in [2.45, 2.75) is 26.4 Å². The molecule has 0 aliphatic heterocycles. The lowest BCUT2D eigenvalue weighted by Crippen LogP contribution is -2.06. The summed E-state index contributed by atoms with van der Waals surface area (Å²) in [5.41, 5.74) is 3.25. The van der Waals surface area contributed by atoms with Gasteiger partial charge in [-0.2, -0.15) is 13.2 Å². The van der Waals surface area contributed by atoms with Crippen LogP contribution in [-0.4, -0.2) is 11.7 Å². The van der Waals surface area contributed by atoms with Gasteiger partial charge in [0.2, 0.25) is 0 Å². The molecular formula is C18H19F3O. The summed E-state index contributed by atoms with van der Waals surface area (Å²) in [6.45, 7) is 4.09. The molecule has 0 amide bonds. The monoisotopic (exact) mass is 308 g/mol. The Morgan fingerprint density at radius 3 is 2.09 bits per heavy atom. The summed E-state index contributed by atoms with van der Waals surface area (Å²) in [7, 11) is 0. The Bertz CT molecular complexity index is 630. The largest absolute Gasteiger partial charge is 0.416 e. The van der Waals surface area contributed by atoms with Crippen LogP contribution in [0.25, 0.3) is 11.1 Å². The highest BCUT2D eigenvalue weighted by atomic mass is 19.4. The van der Waals surface area contributed by atoms with Crippen LogP contribution in [0.5, 0.6) is 0 Å². The highest BCUT2D eigenvalue weighted by molar-refractivity contribution is 5.65. The van der Waals surface area contributed by atoms with E-state index in [-0.39, 0.29) is 12.5 Å². The van der Waals surface area contributed by atoms with E-state index in [0.717, 1.165) is 40.8 Å². The zero-order valence-corrected chi connectivity index (χ0v) is 12.6. The van der Waals surface area contributed by atoms with Crippen LogP contribution in [0.2, 0.25) is 0 Å². The van der Waals surface area contributed by atoms with Crippen LogP contribution in [0.4, 0.5) is 13.2 Å². The van der Waals surface area contributed by atoms with Gasteiger partial charge in [-0.25, -0.2) is 0 Å². The van der Waals surface area contributed by atoms with Gasteiger partial charge >= 0.3 is 6.18 Å². The molecule has 0 spiro atoms. The van der Waals surface area contributed by atoms with Crippen LogP contribution in [0.1, 0.15) is 23.6 Å². The summed E-state index contributed by atoms with van der Waals surface area (Å²) < 4.78 is 37.7. The van der Waals surface area contributed by atoms with Crippen LogP contribution < -0.4 is 0 Å². The summed E-state index contributed by atoms with van der Waals surface area (Å²) in [5, 5.41) is 9.12. The van der Waals surface area contributed by atoms with Crippen LogP contribution in [-0.2, 0) is 12.6 Å². The lowest BCUT2D eigenvalue weighted by molar-refractivity contribution is -0.137. The lowest BCUT2D eigenvalue weighted by atomic mass is 9.94. The van der Waals surface area contributed by atoms with E-state index in [0.29, 0.717) is 0 Å². The third kappa shape index (κ3) is 3.89. The lowest BCUT2D eigenvalue weighted by Gasteiger charge is -2.13. The van der Waals surface area contributed by atoms with Gasteiger partial charge in [-0.05, 0) is 53.6 Å². The molecule has 0 unspecified atom stereocenters. The topological polar surface area (TPSA) is 20.2 Å². The molecule has 2 aromatic carbocycles. The number of aliphatic hydroxyl groups is 1. The van der Waals surface area contributed by atoms with Crippen LogP contribution >= 0.6 is 0 Å². The van der Waals surface area contributed by atoms with E-state index in [1.165, 1.54) is 12.1 Å². The Morgan fingerprint density at radius 2 is 1.59 bits per heavy atom. The van der Waals surface area contributed by atoms with E-state index in [2.05, 4.69) is 0 Å². The number of benzene rings is 2. The minimum absolute atomic E-state index is 0.139. The minimum Gasteiger partial charge on any atom is -0.396 e. The molecule has 0 aromatic heterocycles. The number of aryl methyl sites for hydroxylation is 1. The summed E-state index contributed by atoms with van der Waals surface area (Å²) >= 11 is 0. The maximum Gasteiger partial charge on any atom is 0.416 e. The molecule has 4 heteroatoms. The van der Waals surface area contributed by atoms with Crippen LogP contribution in [0.3, 0.4) is 0 Å². The molecule has 1 nitrogen and oxygen atoms in total. The van der Waals surface area contributed by atoms with Crippen molar-refractivity contribution in [3.05, 3.63) is 59.2 Å². The quantitative estimate of drug-likeness (QED) is 0.856. The Labute approximate surface area is 128 Å². The fraction of sp³-hybridized carbons (Fsp3) is 0.333. The average Bonchev–Trinajstić information content (AvgIpc) is 2.48. The van der Waals surface area contributed by atoms with E-state index in [1.807, 2.05) is 32.0 Å². The van der Waals surface area contributed by atoms with Crippen molar-refractivity contribution in [3.8, 4) is 11.1 Å². The molecular weight excluding hydrogens is 289 g/mol. The first-order valence-corrected chi connectivity index (χ1v) is 7.19. The summed E-state index contributed by atoms with van der Waals surface area (Å²) in [5.74, 6) is 0.190. The van der Waals surface area contributed by atoms with Crippen molar-refractivity contribution >= 4 is 0 Å². The highest BCUT2D eigenvalue weighted by Gasteiger charge is 2.29.